The monoisotopic (exact) mass is 472 g/mol. The highest BCUT2D eigenvalue weighted by atomic mass is 16.6. The summed E-state index contributed by atoms with van der Waals surface area (Å²) in [6.07, 6.45) is 4.25. The number of nitro benzene ring substituents is 1. The molecule has 0 spiro atoms. The van der Waals surface area contributed by atoms with Crippen LogP contribution in [0, 0.1) is 16.0 Å². The maximum absolute atomic E-state index is 12.3. The van der Waals surface area contributed by atoms with Gasteiger partial charge in [0.05, 0.1) is 23.3 Å². The summed E-state index contributed by atoms with van der Waals surface area (Å²) in [7, 11) is 0. The van der Waals surface area contributed by atoms with Crippen LogP contribution in [0.3, 0.4) is 0 Å². The number of nitro groups is 1. The van der Waals surface area contributed by atoms with Gasteiger partial charge in [0.2, 0.25) is 5.95 Å². The van der Waals surface area contributed by atoms with Crippen molar-refractivity contribution < 1.29 is 14.5 Å². The molecule has 0 unspecified atom stereocenters. The van der Waals surface area contributed by atoms with E-state index in [1.165, 1.54) is 25.0 Å². The number of carbonyl (C=O) groups is 1. The zero-order chi connectivity index (χ0) is 24.4. The number of benzene rings is 2. The van der Waals surface area contributed by atoms with Crippen molar-refractivity contribution >= 4 is 28.9 Å². The highest BCUT2D eigenvalue weighted by Crippen LogP contribution is 2.31. The number of amides is 1. The molecule has 1 aliphatic rings. The average molecular weight is 473 g/mol. The summed E-state index contributed by atoms with van der Waals surface area (Å²) < 4.78 is 7.20. The number of nitrogens with zero attached hydrogens (tertiary/aromatic N) is 4. The third kappa shape index (κ3) is 5.06. The van der Waals surface area contributed by atoms with Gasteiger partial charge in [0.1, 0.15) is 5.75 Å². The highest BCUT2D eigenvalue weighted by Gasteiger charge is 2.22. The van der Waals surface area contributed by atoms with Gasteiger partial charge in [0.25, 0.3) is 11.6 Å². The number of anilines is 2. The number of hydrogen-bond acceptors (Lipinski definition) is 7. The third-order valence-electron chi connectivity index (χ3n) is 5.78. The molecule has 2 aromatic carbocycles. The molecule has 35 heavy (non-hydrogen) atoms. The summed E-state index contributed by atoms with van der Waals surface area (Å²) in [4.78, 5) is 27.4. The molecule has 4 aromatic rings. The lowest BCUT2D eigenvalue weighted by molar-refractivity contribution is -0.384. The minimum Gasteiger partial charge on any atom is -0.491 e. The number of non-ortho nitro benzene ring substituents is 1. The normalized spacial score (nSPS) is 12.9. The number of hydrogen-bond donors (Lipinski definition) is 2. The minimum atomic E-state index is -0.468. The largest absolute Gasteiger partial charge is 0.491 e. The molecule has 5 rings (SSSR count). The molecule has 0 radical (unpaired) electrons. The lowest BCUT2D eigenvalue weighted by Crippen LogP contribution is -2.25. The molecule has 10 heteroatoms. The zero-order valence-corrected chi connectivity index (χ0v) is 19.1. The van der Waals surface area contributed by atoms with Crippen molar-refractivity contribution in [1.29, 1.82) is 0 Å². The van der Waals surface area contributed by atoms with E-state index in [1.54, 1.807) is 17.5 Å². The average Bonchev–Trinajstić information content (AvgIpc) is 3.61. The van der Waals surface area contributed by atoms with Gasteiger partial charge in [-0.05, 0) is 61.6 Å². The fourth-order valence-electron chi connectivity index (χ4n) is 3.71. The second-order valence-electron chi connectivity index (χ2n) is 8.38. The number of nitrogens with one attached hydrogen (secondary N) is 2. The van der Waals surface area contributed by atoms with Crippen molar-refractivity contribution in [2.45, 2.75) is 19.8 Å². The smallest absolute Gasteiger partial charge is 0.273 e. The molecule has 10 nitrogen and oxygen atoms in total. The molecule has 0 atom stereocenters. The maximum Gasteiger partial charge on any atom is 0.273 e. The van der Waals surface area contributed by atoms with Gasteiger partial charge < -0.3 is 15.4 Å². The standard InChI is InChI=1S/C25H24N6O4/c1-2-35-22-13-20(31(33)34)10-11-21(22)27-25-28-23-12-9-19(15-30(23)29-25)17-5-7-18(8-6-17)24(32)26-14-16-3-4-16/h5-13,15-16H,2-4,14H2,1H3,(H,26,32)(H,27,29). The van der Waals surface area contributed by atoms with E-state index in [0.717, 1.165) is 17.7 Å². The highest BCUT2D eigenvalue weighted by molar-refractivity contribution is 5.94. The van der Waals surface area contributed by atoms with Gasteiger partial charge in [-0.2, -0.15) is 4.98 Å². The topological polar surface area (TPSA) is 124 Å². The summed E-state index contributed by atoms with van der Waals surface area (Å²) in [5.74, 6) is 1.27. The van der Waals surface area contributed by atoms with Crippen molar-refractivity contribution in [2.75, 3.05) is 18.5 Å². The molecule has 2 heterocycles. The first-order valence-electron chi connectivity index (χ1n) is 11.4. The third-order valence-corrected chi connectivity index (χ3v) is 5.78. The molecular formula is C25H24N6O4. The predicted octanol–water partition coefficient (Wildman–Crippen LogP) is 4.59. The van der Waals surface area contributed by atoms with Crippen LogP contribution in [0.1, 0.15) is 30.1 Å². The number of pyridine rings is 1. The lowest BCUT2D eigenvalue weighted by Gasteiger charge is -2.09. The first kappa shape index (κ1) is 22.3. The van der Waals surface area contributed by atoms with Gasteiger partial charge in [0, 0.05) is 29.9 Å². The maximum atomic E-state index is 12.3. The molecule has 1 fully saturated rings. The molecule has 0 aliphatic heterocycles. The summed E-state index contributed by atoms with van der Waals surface area (Å²) in [6.45, 7) is 2.91. The Morgan fingerprint density at radius 1 is 1.14 bits per heavy atom. The molecule has 178 valence electrons. The van der Waals surface area contributed by atoms with Crippen molar-refractivity contribution in [3.8, 4) is 16.9 Å². The molecule has 0 bridgehead atoms. The van der Waals surface area contributed by atoms with Crippen LogP contribution in [0.25, 0.3) is 16.8 Å². The van der Waals surface area contributed by atoms with Gasteiger partial charge in [-0.1, -0.05) is 12.1 Å². The summed E-state index contributed by atoms with van der Waals surface area (Å²) in [6, 6.07) is 15.6. The Kier molecular flexibility index (Phi) is 6.01. The second-order valence-corrected chi connectivity index (χ2v) is 8.38. The Morgan fingerprint density at radius 3 is 2.63 bits per heavy atom. The fraction of sp³-hybridized carbons (Fsp3) is 0.240. The van der Waals surface area contributed by atoms with Crippen molar-refractivity contribution in [1.82, 2.24) is 19.9 Å². The van der Waals surface area contributed by atoms with Crippen LogP contribution >= 0.6 is 0 Å². The Balaban J connectivity index is 1.34. The predicted molar refractivity (Wildman–Crippen MR) is 131 cm³/mol. The van der Waals surface area contributed by atoms with Crippen molar-refractivity contribution in [2.24, 2.45) is 5.92 Å². The number of ether oxygens (including phenoxy) is 1. The van der Waals surface area contributed by atoms with Crippen molar-refractivity contribution in [3.63, 3.8) is 0 Å². The zero-order valence-electron chi connectivity index (χ0n) is 19.1. The summed E-state index contributed by atoms with van der Waals surface area (Å²) in [5.41, 5.74) is 3.61. The number of aromatic nitrogens is 3. The molecule has 2 aromatic heterocycles. The Labute approximate surface area is 201 Å². The Hall–Kier alpha value is -4.47. The summed E-state index contributed by atoms with van der Waals surface area (Å²) in [5, 5.41) is 21.6. The van der Waals surface area contributed by atoms with E-state index in [2.05, 4.69) is 20.7 Å². The van der Waals surface area contributed by atoms with E-state index in [9.17, 15) is 14.9 Å². The van der Waals surface area contributed by atoms with Gasteiger partial charge in [0.15, 0.2) is 5.65 Å². The fourth-order valence-corrected chi connectivity index (χ4v) is 3.71. The van der Waals surface area contributed by atoms with Gasteiger partial charge in [-0.25, -0.2) is 4.52 Å². The van der Waals surface area contributed by atoms with Crippen LogP contribution in [0.5, 0.6) is 5.75 Å². The number of rotatable bonds is 9. The van der Waals surface area contributed by atoms with Crippen LogP contribution in [0.15, 0.2) is 60.8 Å². The SMILES string of the molecule is CCOc1cc([N+](=O)[O-])ccc1Nc1nc2ccc(-c3ccc(C(=O)NCC4CC4)cc3)cn2n1. The van der Waals surface area contributed by atoms with E-state index in [1.807, 2.05) is 42.6 Å². The Bertz CT molecular complexity index is 1400. The van der Waals surface area contributed by atoms with E-state index < -0.39 is 4.92 Å². The first-order chi connectivity index (χ1) is 17.0. The lowest BCUT2D eigenvalue weighted by atomic mass is 10.1. The summed E-state index contributed by atoms with van der Waals surface area (Å²) >= 11 is 0. The molecule has 1 aliphatic carbocycles. The van der Waals surface area contributed by atoms with Crippen LogP contribution in [0.2, 0.25) is 0 Å². The Morgan fingerprint density at radius 2 is 1.91 bits per heavy atom. The molecular weight excluding hydrogens is 448 g/mol. The van der Waals surface area contributed by atoms with E-state index in [0.29, 0.717) is 41.1 Å². The van der Waals surface area contributed by atoms with Crippen LogP contribution in [-0.2, 0) is 0 Å². The van der Waals surface area contributed by atoms with Gasteiger partial charge in [-0.15, -0.1) is 5.10 Å². The first-order valence-corrected chi connectivity index (χ1v) is 11.4. The molecule has 1 amide bonds. The molecule has 2 N–H and O–H groups in total. The number of carbonyl (C=O) groups excluding carboxylic acids is 1. The second kappa shape index (κ2) is 9.41. The van der Waals surface area contributed by atoms with Gasteiger partial charge >= 0.3 is 0 Å². The number of fused-ring (bicyclic) bond motifs is 1. The van der Waals surface area contributed by atoms with Crippen LogP contribution in [0.4, 0.5) is 17.3 Å². The molecule has 1 saturated carbocycles. The van der Waals surface area contributed by atoms with Crippen LogP contribution < -0.4 is 15.4 Å². The van der Waals surface area contributed by atoms with E-state index >= 15 is 0 Å². The molecule has 0 saturated heterocycles. The van der Waals surface area contributed by atoms with Gasteiger partial charge in [-0.3, -0.25) is 14.9 Å². The van der Waals surface area contributed by atoms with Crippen molar-refractivity contribution in [3.05, 3.63) is 76.5 Å². The van der Waals surface area contributed by atoms with E-state index in [4.69, 9.17) is 4.74 Å². The van der Waals surface area contributed by atoms with Crippen LogP contribution in [-0.4, -0.2) is 38.6 Å². The minimum absolute atomic E-state index is 0.0523. The van der Waals surface area contributed by atoms with E-state index in [-0.39, 0.29) is 11.6 Å². The quantitative estimate of drug-likeness (QED) is 0.270.